The molecule has 1 unspecified atom stereocenters. The summed E-state index contributed by atoms with van der Waals surface area (Å²) in [6.45, 7) is 0. The van der Waals surface area contributed by atoms with Gasteiger partial charge >= 0.3 is 0 Å². The Morgan fingerprint density at radius 1 is 1.09 bits per heavy atom. The number of carbonyl (C=O) groups is 1. The van der Waals surface area contributed by atoms with E-state index in [0.717, 1.165) is 18.2 Å². The van der Waals surface area contributed by atoms with E-state index in [2.05, 4.69) is 10.0 Å². The average molecular weight is 473 g/mol. The number of rotatable bonds is 9. The quantitative estimate of drug-likeness (QED) is 0.363. The van der Waals surface area contributed by atoms with Crippen molar-refractivity contribution in [2.75, 3.05) is 12.4 Å². The van der Waals surface area contributed by atoms with Gasteiger partial charge in [0, 0.05) is 17.8 Å². The zero-order valence-corrected chi connectivity index (χ0v) is 18.2. The number of hydrogen-bond donors (Lipinski definition) is 2. The molecule has 3 aromatic rings. The fourth-order valence-corrected chi connectivity index (χ4v) is 4.45. The van der Waals surface area contributed by atoms with Crippen LogP contribution < -0.4 is 14.8 Å². The lowest BCUT2D eigenvalue weighted by Gasteiger charge is -2.19. The average Bonchev–Trinajstić information content (AvgIpc) is 2.79. The third kappa shape index (κ3) is 6.11. The smallest absolute Gasteiger partial charge is 0.271 e. The number of sulfonamides is 1. The first-order chi connectivity index (χ1) is 15.7. The Hall–Kier alpha value is -3.83. The third-order valence-electron chi connectivity index (χ3n) is 4.64. The molecular weight excluding hydrogens is 453 g/mol. The second-order valence-electron chi connectivity index (χ2n) is 6.96. The van der Waals surface area contributed by atoms with Crippen molar-refractivity contribution in [3.8, 4) is 5.75 Å². The summed E-state index contributed by atoms with van der Waals surface area (Å²) in [5.41, 5.74) is 0.540. The van der Waals surface area contributed by atoms with Crippen LogP contribution in [0.2, 0.25) is 0 Å². The number of anilines is 1. The van der Waals surface area contributed by atoms with Crippen LogP contribution in [0.5, 0.6) is 5.75 Å². The summed E-state index contributed by atoms with van der Waals surface area (Å²) >= 11 is 0. The lowest BCUT2D eigenvalue weighted by molar-refractivity contribution is -0.384. The van der Waals surface area contributed by atoms with Gasteiger partial charge in [0.05, 0.1) is 12.0 Å². The fourth-order valence-electron chi connectivity index (χ4n) is 3.08. The molecule has 11 heteroatoms. The van der Waals surface area contributed by atoms with Gasteiger partial charge in [0.1, 0.15) is 22.5 Å². The Bertz CT molecular complexity index is 1270. The molecule has 3 aromatic carbocycles. The summed E-state index contributed by atoms with van der Waals surface area (Å²) in [6, 6.07) is 15.6. The summed E-state index contributed by atoms with van der Waals surface area (Å²) in [6.07, 6.45) is -0.0293. The summed E-state index contributed by atoms with van der Waals surface area (Å²) in [5, 5.41) is 13.5. The summed E-state index contributed by atoms with van der Waals surface area (Å²) in [7, 11) is -3.15. The summed E-state index contributed by atoms with van der Waals surface area (Å²) < 4.78 is 47.2. The van der Waals surface area contributed by atoms with Gasteiger partial charge < -0.3 is 10.1 Å². The molecule has 3 rings (SSSR count). The van der Waals surface area contributed by atoms with Crippen molar-refractivity contribution in [2.45, 2.75) is 17.4 Å². The number of hydrogen-bond acceptors (Lipinski definition) is 6. The molecule has 0 fully saturated rings. The van der Waals surface area contributed by atoms with Crippen LogP contribution in [0.15, 0.2) is 77.7 Å². The maximum Gasteiger partial charge on any atom is 0.271 e. The van der Waals surface area contributed by atoms with E-state index in [4.69, 9.17) is 4.74 Å². The molecule has 2 N–H and O–H groups in total. The van der Waals surface area contributed by atoms with E-state index < -0.39 is 37.6 Å². The number of benzene rings is 3. The predicted octanol–water partition coefficient (Wildman–Crippen LogP) is 3.27. The summed E-state index contributed by atoms with van der Waals surface area (Å²) in [4.78, 5) is 22.9. The van der Waals surface area contributed by atoms with Gasteiger partial charge in [-0.1, -0.05) is 36.4 Å². The first-order valence-electron chi connectivity index (χ1n) is 9.65. The van der Waals surface area contributed by atoms with Crippen molar-refractivity contribution in [3.63, 3.8) is 0 Å². The molecule has 0 saturated carbocycles. The fraction of sp³-hybridized carbons (Fsp3) is 0.136. The van der Waals surface area contributed by atoms with Crippen molar-refractivity contribution in [2.24, 2.45) is 0 Å². The largest absolute Gasteiger partial charge is 0.495 e. The van der Waals surface area contributed by atoms with Crippen molar-refractivity contribution >= 4 is 27.3 Å². The molecule has 0 heterocycles. The summed E-state index contributed by atoms with van der Waals surface area (Å²) in [5.74, 6) is -1.64. The Morgan fingerprint density at radius 3 is 2.48 bits per heavy atom. The van der Waals surface area contributed by atoms with Crippen LogP contribution in [-0.4, -0.2) is 32.4 Å². The van der Waals surface area contributed by atoms with Gasteiger partial charge in [-0.05, 0) is 36.2 Å². The third-order valence-corrected chi connectivity index (χ3v) is 6.13. The number of halogens is 1. The number of nitro groups is 1. The number of carbonyl (C=O) groups excluding carboxylic acids is 1. The number of methoxy groups -OCH3 is 1. The van der Waals surface area contributed by atoms with Gasteiger partial charge in [0.15, 0.2) is 0 Å². The van der Waals surface area contributed by atoms with Crippen LogP contribution in [0.4, 0.5) is 15.8 Å². The standard InChI is InChI=1S/C22H20FN3O6S/c1-32-20-11-10-16(23)13-21(20)33(30,31)25-19(12-15-6-3-2-4-7-15)22(27)24-17-8-5-9-18(14-17)26(28)29/h2-11,13-14,19,25H,12H2,1H3,(H,24,27). The maximum atomic E-state index is 13.8. The van der Waals surface area contributed by atoms with E-state index >= 15 is 0 Å². The van der Waals surface area contributed by atoms with Crippen molar-refractivity contribution < 1.29 is 27.3 Å². The highest BCUT2D eigenvalue weighted by Gasteiger charge is 2.29. The highest BCUT2D eigenvalue weighted by atomic mass is 32.2. The van der Waals surface area contributed by atoms with Gasteiger partial charge in [-0.15, -0.1) is 0 Å². The number of non-ortho nitro benzene ring substituents is 1. The molecule has 0 radical (unpaired) electrons. The SMILES string of the molecule is COc1ccc(F)cc1S(=O)(=O)NC(Cc1ccccc1)C(=O)Nc1cccc([N+](=O)[O-])c1. The van der Waals surface area contributed by atoms with Crippen molar-refractivity contribution in [3.05, 3.63) is 94.3 Å². The Balaban J connectivity index is 1.93. The molecule has 172 valence electrons. The number of amides is 1. The molecule has 1 amide bonds. The molecule has 33 heavy (non-hydrogen) atoms. The van der Waals surface area contributed by atoms with Gasteiger partial charge in [-0.3, -0.25) is 14.9 Å². The number of nitrogens with zero attached hydrogens (tertiary/aromatic N) is 1. The van der Waals surface area contributed by atoms with Crippen LogP contribution in [-0.2, 0) is 21.2 Å². The van der Waals surface area contributed by atoms with E-state index in [-0.39, 0.29) is 23.5 Å². The normalized spacial score (nSPS) is 12.1. The van der Waals surface area contributed by atoms with Crippen LogP contribution in [0.3, 0.4) is 0 Å². The minimum Gasteiger partial charge on any atom is -0.495 e. The molecule has 0 bridgehead atoms. The Labute approximate surface area is 189 Å². The van der Waals surface area contributed by atoms with Crippen LogP contribution in [0.1, 0.15) is 5.56 Å². The van der Waals surface area contributed by atoms with Gasteiger partial charge in [-0.25, -0.2) is 12.8 Å². The number of nitrogens with one attached hydrogen (secondary N) is 2. The highest BCUT2D eigenvalue weighted by molar-refractivity contribution is 7.89. The van der Waals surface area contributed by atoms with Crippen LogP contribution in [0, 0.1) is 15.9 Å². The molecule has 0 saturated heterocycles. The van der Waals surface area contributed by atoms with Crippen LogP contribution >= 0.6 is 0 Å². The molecule has 0 spiro atoms. The first kappa shape index (κ1) is 23.8. The Morgan fingerprint density at radius 2 is 1.82 bits per heavy atom. The van der Waals surface area contributed by atoms with E-state index in [0.29, 0.717) is 5.56 Å². The molecule has 1 atom stereocenters. The molecule has 0 aliphatic carbocycles. The molecule has 0 aliphatic rings. The monoisotopic (exact) mass is 473 g/mol. The molecule has 9 nitrogen and oxygen atoms in total. The molecule has 0 aromatic heterocycles. The van der Waals surface area contributed by atoms with Gasteiger partial charge in [-0.2, -0.15) is 4.72 Å². The van der Waals surface area contributed by atoms with Crippen LogP contribution in [0.25, 0.3) is 0 Å². The predicted molar refractivity (Wildman–Crippen MR) is 119 cm³/mol. The number of nitro benzene ring substituents is 1. The second kappa shape index (κ2) is 10.2. The number of ether oxygens (including phenoxy) is 1. The maximum absolute atomic E-state index is 13.8. The zero-order chi connectivity index (χ0) is 24.0. The van der Waals surface area contributed by atoms with E-state index in [1.165, 1.54) is 31.4 Å². The van der Waals surface area contributed by atoms with E-state index in [1.54, 1.807) is 30.3 Å². The van der Waals surface area contributed by atoms with Gasteiger partial charge in [0.25, 0.3) is 5.69 Å². The lowest BCUT2D eigenvalue weighted by Crippen LogP contribution is -2.45. The highest BCUT2D eigenvalue weighted by Crippen LogP contribution is 2.25. The molecular formula is C22H20FN3O6S. The van der Waals surface area contributed by atoms with Crippen molar-refractivity contribution in [1.82, 2.24) is 4.72 Å². The first-order valence-corrected chi connectivity index (χ1v) is 11.1. The van der Waals surface area contributed by atoms with Gasteiger partial charge in [0.2, 0.25) is 15.9 Å². The topological polar surface area (TPSA) is 128 Å². The van der Waals surface area contributed by atoms with E-state index in [1.807, 2.05) is 0 Å². The lowest BCUT2D eigenvalue weighted by atomic mass is 10.1. The zero-order valence-electron chi connectivity index (χ0n) is 17.4. The minimum atomic E-state index is -4.39. The second-order valence-corrected chi connectivity index (χ2v) is 8.64. The molecule has 0 aliphatic heterocycles. The van der Waals surface area contributed by atoms with E-state index in [9.17, 15) is 27.7 Å². The Kier molecular flexibility index (Phi) is 7.36. The minimum absolute atomic E-state index is 0.0293. The van der Waals surface area contributed by atoms with Crippen molar-refractivity contribution in [1.29, 1.82) is 0 Å².